The number of nitrogens with zero attached hydrogens (tertiary/aromatic N) is 3. The zero-order valence-corrected chi connectivity index (χ0v) is 16.7. The summed E-state index contributed by atoms with van der Waals surface area (Å²) in [6, 6.07) is 8.15. The fourth-order valence-electron chi connectivity index (χ4n) is 2.65. The van der Waals surface area contributed by atoms with Gasteiger partial charge in [-0.1, -0.05) is 43.3 Å². The number of carbonyl (C=O) groups is 1. The molecule has 0 saturated heterocycles. The van der Waals surface area contributed by atoms with Gasteiger partial charge in [0.05, 0.1) is 10.7 Å². The normalized spacial score (nSPS) is 11.1. The van der Waals surface area contributed by atoms with Crippen molar-refractivity contribution in [2.75, 3.05) is 6.54 Å². The van der Waals surface area contributed by atoms with Crippen molar-refractivity contribution >= 4 is 17.2 Å². The van der Waals surface area contributed by atoms with E-state index in [-0.39, 0.29) is 5.91 Å². The summed E-state index contributed by atoms with van der Waals surface area (Å²) >= 11 is 1.62. The Balaban J connectivity index is 1.45. The Hall–Kier alpha value is -2.54. The first kappa shape index (κ1) is 19.2. The second-order valence-corrected chi connectivity index (χ2v) is 7.81. The summed E-state index contributed by atoms with van der Waals surface area (Å²) < 4.78 is 5.27. The maximum Gasteiger partial charge on any atom is 0.227 e. The quantitative estimate of drug-likeness (QED) is 0.637. The Morgan fingerprint density at radius 2 is 1.96 bits per heavy atom. The van der Waals surface area contributed by atoms with Gasteiger partial charge < -0.3 is 9.84 Å². The summed E-state index contributed by atoms with van der Waals surface area (Å²) in [4.78, 5) is 20.7. The second-order valence-electron chi connectivity index (χ2n) is 6.75. The molecule has 1 N–H and O–H groups in total. The molecule has 0 aliphatic carbocycles. The molecule has 2 heterocycles. The first-order chi connectivity index (χ1) is 13.0. The molecule has 6 nitrogen and oxygen atoms in total. The first-order valence-electron chi connectivity index (χ1n) is 9.12. The summed E-state index contributed by atoms with van der Waals surface area (Å²) in [6.45, 7) is 6.87. The molecule has 0 atom stereocenters. The molecule has 0 saturated carbocycles. The maximum atomic E-state index is 12.0. The monoisotopic (exact) mass is 384 g/mol. The van der Waals surface area contributed by atoms with Crippen molar-refractivity contribution in [2.24, 2.45) is 0 Å². The van der Waals surface area contributed by atoms with Crippen molar-refractivity contribution in [1.82, 2.24) is 20.4 Å². The highest BCUT2D eigenvalue weighted by atomic mass is 32.1. The number of aromatic nitrogens is 3. The van der Waals surface area contributed by atoms with Gasteiger partial charge in [0.2, 0.25) is 17.6 Å². The summed E-state index contributed by atoms with van der Waals surface area (Å²) in [7, 11) is 0. The minimum absolute atomic E-state index is 0.0250. The highest BCUT2D eigenvalue weighted by Crippen LogP contribution is 2.20. The van der Waals surface area contributed by atoms with E-state index in [2.05, 4.69) is 46.4 Å². The number of hydrogen-bond donors (Lipinski definition) is 1. The molecule has 0 fully saturated rings. The number of nitrogens with one attached hydrogen (secondary N) is 1. The van der Waals surface area contributed by atoms with Crippen LogP contribution in [-0.4, -0.2) is 27.6 Å². The van der Waals surface area contributed by atoms with E-state index in [9.17, 15) is 4.79 Å². The van der Waals surface area contributed by atoms with E-state index in [0.29, 0.717) is 37.0 Å². The molecule has 0 aliphatic heterocycles. The van der Waals surface area contributed by atoms with Gasteiger partial charge in [-0.3, -0.25) is 4.79 Å². The molecular formula is C20H24N4O2S. The van der Waals surface area contributed by atoms with Crippen molar-refractivity contribution in [1.29, 1.82) is 0 Å². The Morgan fingerprint density at radius 1 is 1.19 bits per heavy atom. The van der Waals surface area contributed by atoms with Gasteiger partial charge >= 0.3 is 0 Å². The second kappa shape index (κ2) is 8.90. The van der Waals surface area contributed by atoms with Crippen LogP contribution >= 0.6 is 11.3 Å². The number of rotatable bonds is 8. The number of benzene rings is 1. The molecule has 27 heavy (non-hydrogen) atoms. The van der Waals surface area contributed by atoms with Crippen LogP contribution in [0.15, 0.2) is 34.2 Å². The van der Waals surface area contributed by atoms with Crippen LogP contribution in [0.3, 0.4) is 0 Å². The third-order valence-electron chi connectivity index (χ3n) is 4.24. The van der Waals surface area contributed by atoms with Gasteiger partial charge in [0.15, 0.2) is 0 Å². The van der Waals surface area contributed by atoms with E-state index in [1.807, 2.05) is 24.4 Å². The summed E-state index contributed by atoms with van der Waals surface area (Å²) in [5.41, 5.74) is 3.20. The van der Waals surface area contributed by atoms with Gasteiger partial charge in [-0.2, -0.15) is 4.98 Å². The topological polar surface area (TPSA) is 80.9 Å². The van der Waals surface area contributed by atoms with Crippen molar-refractivity contribution in [3.63, 3.8) is 0 Å². The van der Waals surface area contributed by atoms with Crippen LogP contribution in [-0.2, 0) is 17.6 Å². The molecule has 0 unspecified atom stereocenters. The Morgan fingerprint density at radius 3 is 2.63 bits per heavy atom. The standard InChI is InChI=1S/C20H24N4O2S/c1-13(2)15-4-6-16(7-5-15)20-23-19(26-24-20)9-8-18(25)21-11-10-17-12-27-14(3)22-17/h4-7,12-13H,8-11H2,1-3H3,(H,21,25). The van der Waals surface area contributed by atoms with E-state index >= 15 is 0 Å². The van der Waals surface area contributed by atoms with Gasteiger partial charge in [-0.05, 0) is 18.4 Å². The lowest BCUT2D eigenvalue weighted by Gasteiger charge is -2.04. The third kappa shape index (κ3) is 5.47. The maximum absolute atomic E-state index is 12.0. The van der Waals surface area contributed by atoms with E-state index < -0.39 is 0 Å². The SMILES string of the molecule is Cc1nc(CCNC(=O)CCc2nc(-c3ccc(C(C)C)cc3)no2)cs1. The largest absolute Gasteiger partial charge is 0.356 e. The Bertz CT molecular complexity index is 884. The zero-order chi connectivity index (χ0) is 19.2. The van der Waals surface area contributed by atoms with Gasteiger partial charge in [-0.25, -0.2) is 4.98 Å². The lowest BCUT2D eigenvalue weighted by molar-refractivity contribution is -0.121. The zero-order valence-electron chi connectivity index (χ0n) is 15.9. The summed E-state index contributed by atoms with van der Waals surface area (Å²) in [5, 5.41) is 9.99. The predicted octanol–water partition coefficient (Wildman–Crippen LogP) is 3.92. The molecular weight excluding hydrogens is 360 g/mol. The fraction of sp³-hybridized carbons (Fsp3) is 0.400. The van der Waals surface area contributed by atoms with E-state index in [1.165, 1.54) is 5.56 Å². The van der Waals surface area contributed by atoms with Crippen LogP contribution in [0.5, 0.6) is 0 Å². The molecule has 2 aromatic heterocycles. The minimum atomic E-state index is -0.0250. The Kier molecular flexibility index (Phi) is 6.34. The van der Waals surface area contributed by atoms with E-state index in [4.69, 9.17) is 4.52 Å². The molecule has 0 aliphatic rings. The van der Waals surface area contributed by atoms with E-state index in [0.717, 1.165) is 22.7 Å². The first-order valence-corrected chi connectivity index (χ1v) is 10.00. The van der Waals surface area contributed by atoms with Crippen LogP contribution in [0, 0.1) is 6.92 Å². The molecule has 3 rings (SSSR count). The highest BCUT2D eigenvalue weighted by molar-refractivity contribution is 7.09. The highest BCUT2D eigenvalue weighted by Gasteiger charge is 2.11. The Labute approximate surface area is 163 Å². The number of amides is 1. The molecule has 7 heteroatoms. The van der Waals surface area contributed by atoms with Crippen LogP contribution < -0.4 is 5.32 Å². The van der Waals surface area contributed by atoms with Crippen LogP contribution in [0.1, 0.15) is 48.3 Å². The smallest absolute Gasteiger partial charge is 0.227 e. The van der Waals surface area contributed by atoms with Gasteiger partial charge in [0, 0.05) is 36.8 Å². The lowest BCUT2D eigenvalue weighted by Crippen LogP contribution is -2.26. The number of hydrogen-bond acceptors (Lipinski definition) is 6. The number of carbonyl (C=O) groups excluding carboxylic acids is 1. The van der Waals surface area contributed by atoms with Gasteiger partial charge in [0.25, 0.3) is 0 Å². The molecule has 1 aromatic carbocycles. The van der Waals surface area contributed by atoms with Gasteiger partial charge in [-0.15, -0.1) is 11.3 Å². The van der Waals surface area contributed by atoms with Crippen LogP contribution in [0.2, 0.25) is 0 Å². The van der Waals surface area contributed by atoms with Gasteiger partial charge in [0.1, 0.15) is 0 Å². The third-order valence-corrected chi connectivity index (χ3v) is 5.06. The molecule has 0 spiro atoms. The molecule has 3 aromatic rings. The van der Waals surface area contributed by atoms with Crippen LogP contribution in [0.4, 0.5) is 0 Å². The average Bonchev–Trinajstić information content (AvgIpc) is 3.29. The number of thiazole rings is 1. The predicted molar refractivity (Wildman–Crippen MR) is 106 cm³/mol. The molecule has 1 amide bonds. The van der Waals surface area contributed by atoms with Crippen LogP contribution in [0.25, 0.3) is 11.4 Å². The van der Waals surface area contributed by atoms with Crippen molar-refractivity contribution in [2.45, 2.75) is 46.0 Å². The molecule has 0 radical (unpaired) electrons. The lowest BCUT2D eigenvalue weighted by atomic mass is 10.0. The summed E-state index contributed by atoms with van der Waals surface area (Å²) in [6.07, 6.45) is 1.50. The van der Waals surface area contributed by atoms with Crippen molar-refractivity contribution in [3.8, 4) is 11.4 Å². The fourth-order valence-corrected chi connectivity index (χ4v) is 3.30. The van der Waals surface area contributed by atoms with Crippen molar-refractivity contribution < 1.29 is 9.32 Å². The summed E-state index contributed by atoms with van der Waals surface area (Å²) in [5.74, 6) is 1.49. The van der Waals surface area contributed by atoms with E-state index in [1.54, 1.807) is 11.3 Å². The molecule has 0 bridgehead atoms. The van der Waals surface area contributed by atoms with Crippen molar-refractivity contribution in [3.05, 3.63) is 51.8 Å². The molecule has 142 valence electrons. The minimum Gasteiger partial charge on any atom is -0.356 e. The average molecular weight is 385 g/mol. The number of aryl methyl sites for hydroxylation is 2.